The van der Waals surface area contributed by atoms with E-state index in [0.29, 0.717) is 37.2 Å². The van der Waals surface area contributed by atoms with Crippen molar-refractivity contribution in [2.24, 2.45) is 62.6 Å². The number of hydrogen-bond acceptors (Lipinski definition) is 21. The summed E-state index contributed by atoms with van der Waals surface area (Å²) in [5.41, 5.74) is 36.0. The van der Waals surface area contributed by atoms with E-state index in [2.05, 4.69) is 78.4 Å². The lowest BCUT2D eigenvalue weighted by atomic mass is 10.0. The highest BCUT2D eigenvalue weighted by Crippen LogP contribution is 2.26. The third-order valence-corrected chi connectivity index (χ3v) is 19.0. The van der Waals surface area contributed by atoms with Crippen molar-refractivity contribution >= 4 is 106 Å². The summed E-state index contributed by atoms with van der Waals surface area (Å²) < 4.78 is 5.76. The largest absolute Gasteiger partial charge is 0.391 e. The molecule has 6 aromatic rings. The van der Waals surface area contributed by atoms with Crippen molar-refractivity contribution in [1.82, 2.24) is 85.2 Å². The van der Waals surface area contributed by atoms with E-state index < -0.39 is 131 Å². The molecule has 10 atom stereocenters. The molecule has 12 amide bonds. The van der Waals surface area contributed by atoms with Gasteiger partial charge in [-0.25, -0.2) is 9.97 Å². The molecule has 0 radical (unpaired) electrons. The van der Waals surface area contributed by atoms with Crippen LogP contribution in [0.3, 0.4) is 0 Å². The monoisotopic (exact) mass is 1570 g/mol. The van der Waals surface area contributed by atoms with E-state index in [1.807, 2.05) is 0 Å². The Morgan fingerprint density at radius 1 is 0.513 bits per heavy atom. The second-order valence-corrected chi connectivity index (χ2v) is 27.9. The number of guanidine groups is 2. The Hall–Kier alpha value is -12.5. The van der Waals surface area contributed by atoms with Gasteiger partial charge in [-0.15, -0.1) is 0 Å². The number of primary amides is 1. The molecule has 612 valence electrons. The predicted molar refractivity (Wildman–Crippen MR) is 411 cm³/mol. The van der Waals surface area contributed by atoms with Crippen LogP contribution < -0.4 is 92.9 Å². The Morgan fingerprint density at radius 3 is 1.36 bits per heavy atom. The standard InChI is InChI=1S/C70H103N29O14/c1-94-30-38(85-58(103)45(11-5-7-15-71)89-59(104)47(13-9-17-82-69(75)76)91-65(110)54-26-42(100)34-98(54)67(112)44(73)21-37-29-79-36-84-37)22-50(94)61(106)86-39-23-51(95(2)31-39)62(107)87-40-24-52(96(3)32-40)63(108)88-41-25-53(97(4)33-41)64(109)90-46(12-6-8-16-72)60(105)92-48(14-10-18-83-70(77)78)68(113)99-35-43(101)27-55(99)66(111)93-49(57(74)102)28-56-80-19-20-81-56/h19-20,22-25,29-33,36,42-49,54-55,100-101H,5-18,21,26-28,34-35,71-73H2,1-4H3,(H2,74,102)(H,79,84)(H,80,81)(H,85,103)(H,86,106)(H,87,107)(H,88,108)(H,89,104)(H,90,109)(H,91,110)(H,92,105)(H,93,111)(H4,75,76,82)(H4,77,78,83)/t42-,43-,44+,45+,46+,47+,48+,49+,54+,55+/m1/s1. The van der Waals surface area contributed by atoms with Gasteiger partial charge in [0.1, 0.15) is 70.9 Å². The minimum Gasteiger partial charge on any atom is -0.391 e. The second kappa shape index (κ2) is 40.5. The highest BCUT2D eigenvalue weighted by molar-refractivity contribution is 6.10. The van der Waals surface area contributed by atoms with Crippen LogP contribution in [0, 0.1) is 10.8 Å². The van der Waals surface area contributed by atoms with Crippen molar-refractivity contribution in [3.05, 3.63) is 108 Å². The number of aliphatic hydroxyl groups is 2. The zero-order valence-electron chi connectivity index (χ0n) is 63.2. The van der Waals surface area contributed by atoms with E-state index in [-0.39, 0.29) is 161 Å². The van der Waals surface area contributed by atoms with Gasteiger partial charge in [-0.2, -0.15) is 0 Å². The summed E-state index contributed by atoms with van der Waals surface area (Å²) in [6.07, 6.45) is 11.4. The van der Waals surface area contributed by atoms with E-state index >= 15 is 0 Å². The molecule has 0 aromatic carbocycles. The maximum atomic E-state index is 14.5. The topological polar surface area (TPSA) is 665 Å². The number of aryl methyl sites for hydroxylation is 4. The van der Waals surface area contributed by atoms with Gasteiger partial charge in [-0.1, -0.05) is 0 Å². The Morgan fingerprint density at radius 2 is 0.929 bits per heavy atom. The molecule has 2 fully saturated rings. The third-order valence-electron chi connectivity index (χ3n) is 19.0. The van der Waals surface area contributed by atoms with Crippen molar-refractivity contribution in [2.45, 2.75) is 150 Å². The Bertz CT molecular complexity index is 4370. The normalized spacial score (nSPS) is 16.8. The van der Waals surface area contributed by atoms with Crippen LogP contribution in [0.2, 0.25) is 0 Å². The fraction of sp³-hybridized carbons (Fsp3) is 0.486. The second-order valence-electron chi connectivity index (χ2n) is 27.9. The van der Waals surface area contributed by atoms with Crippen LogP contribution in [-0.2, 0) is 79.4 Å². The van der Waals surface area contributed by atoms with E-state index in [0.717, 1.165) is 4.90 Å². The number of anilines is 4. The molecule has 8 rings (SSSR count). The fourth-order valence-electron chi connectivity index (χ4n) is 13.2. The molecule has 2 saturated heterocycles. The van der Waals surface area contributed by atoms with Gasteiger partial charge in [0.25, 0.3) is 23.6 Å². The molecule has 0 aliphatic carbocycles. The van der Waals surface area contributed by atoms with E-state index in [1.54, 1.807) is 21.1 Å². The number of carbonyl (C=O) groups is 12. The number of nitrogens with one attached hydrogen (secondary N) is 15. The molecule has 0 spiro atoms. The Balaban J connectivity index is 0.871. The van der Waals surface area contributed by atoms with Gasteiger partial charge in [0, 0.05) is 129 Å². The third kappa shape index (κ3) is 24.3. The number of β-amino-alcohol motifs (C(OH)–C–C–N with tert-alkyl or cyclic N) is 2. The molecule has 8 heterocycles. The summed E-state index contributed by atoms with van der Waals surface area (Å²) in [5.74, 6) is -8.98. The lowest BCUT2D eigenvalue weighted by Gasteiger charge is -2.30. The summed E-state index contributed by atoms with van der Waals surface area (Å²) in [4.78, 5) is 183. The number of hydrogen-bond donors (Lipinski definition) is 23. The summed E-state index contributed by atoms with van der Waals surface area (Å²) in [6, 6.07) is -4.33. The summed E-state index contributed by atoms with van der Waals surface area (Å²) in [6.45, 7) is 0.300. The first-order valence-electron chi connectivity index (χ1n) is 36.8. The molecule has 0 unspecified atom stereocenters. The number of aromatic amines is 2. The number of imidazole rings is 2. The highest BCUT2D eigenvalue weighted by atomic mass is 16.3. The number of aromatic nitrogens is 8. The predicted octanol–water partition coefficient (Wildman–Crippen LogP) is -4.77. The molecule has 113 heavy (non-hydrogen) atoms. The van der Waals surface area contributed by atoms with Gasteiger partial charge in [-0.3, -0.25) is 68.4 Å². The highest BCUT2D eigenvalue weighted by Gasteiger charge is 2.44. The number of rotatable bonds is 41. The molecule has 0 saturated carbocycles. The van der Waals surface area contributed by atoms with E-state index in [4.69, 9.17) is 45.2 Å². The molecule has 0 bridgehead atoms. The van der Waals surface area contributed by atoms with Gasteiger partial charge >= 0.3 is 0 Å². The number of aliphatic hydroxyl groups excluding tert-OH is 2. The smallest absolute Gasteiger partial charge is 0.272 e. The first-order chi connectivity index (χ1) is 53.8. The van der Waals surface area contributed by atoms with Crippen molar-refractivity contribution in [3.63, 3.8) is 0 Å². The van der Waals surface area contributed by atoms with Crippen LogP contribution >= 0.6 is 0 Å². The van der Waals surface area contributed by atoms with Gasteiger partial charge < -0.3 is 141 Å². The first-order valence-corrected chi connectivity index (χ1v) is 36.8. The van der Waals surface area contributed by atoms with Crippen LogP contribution in [0.5, 0.6) is 0 Å². The van der Waals surface area contributed by atoms with E-state index in [9.17, 15) is 67.7 Å². The molecule has 43 heteroatoms. The van der Waals surface area contributed by atoms with Crippen LogP contribution in [0.1, 0.15) is 131 Å². The van der Waals surface area contributed by atoms with Crippen molar-refractivity contribution in [3.8, 4) is 0 Å². The number of nitrogens with zero attached hydrogens (tertiary/aromatic N) is 8. The van der Waals surface area contributed by atoms with Crippen LogP contribution in [-0.4, -0.2) is 241 Å². The molecule has 6 aromatic heterocycles. The Labute approximate surface area is 648 Å². The minimum atomic E-state index is -1.35. The Kier molecular flexibility index (Phi) is 30.8. The maximum Gasteiger partial charge on any atom is 0.272 e. The van der Waals surface area contributed by atoms with Crippen molar-refractivity contribution in [2.75, 3.05) is 60.5 Å². The quantitative estimate of drug-likeness (QED) is 0.00973. The van der Waals surface area contributed by atoms with Crippen LogP contribution in [0.4, 0.5) is 22.7 Å². The lowest BCUT2D eigenvalue weighted by Crippen LogP contribution is -2.58. The van der Waals surface area contributed by atoms with Gasteiger partial charge in [0.15, 0.2) is 11.9 Å². The number of amides is 12. The average Bonchev–Trinajstić information content (AvgIpc) is 1.70. The van der Waals surface area contributed by atoms with E-state index in [1.165, 1.54) is 104 Å². The van der Waals surface area contributed by atoms with Crippen LogP contribution in [0.25, 0.3) is 0 Å². The summed E-state index contributed by atoms with van der Waals surface area (Å²) in [7, 11) is 6.22. The molecule has 2 aliphatic heterocycles. The number of likely N-dealkylation sites (tertiary alicyclic amines) is 2. The SMILES string of the molecule is Cn1cc(NC(=O)c2cc(NC(=O)[C@H](CCCCN)NC(=O)[C@H](CCCNC(=N)N)NC(=O)[C@@H]3C[C@@H](O)CN3C(=O)[C@@H](N)Cc3cnc[nH]3)cn2C)cc1C(=O)Nc1cc(C(=O)Nc2cc(C(=O)N[C@@H](CCCCN)C(=O)N[C@@H](CCCNC(=N)N)C(=O)N3C[C@H](O)C[C@H]3C(=O)N[C@@H](Cc3ncc[nH]3)C(N)=O)n(C)c2)n(C)c1. The zero-order chi connectivity index (χ0) is 82.3. The number of H-pyrrole nitrogens is 2. The molecular formula is C70H103N29O14. The first kappa shape index (κ1) is 86.1. The van der Waals surface area contributed by atoms with Gasteiger partial charge in [-0.05, 0) is 102 Å². The average molecular weight is 1570 g/mol. The van der Waals surface area contributed by atoms with Gasteiger partial charge in [0.05, 0.1) is 47.3 Å². The molecule has 43 nitrogen and oxygen atoms in total. The maximum absolute atomic E-state index is 14.5. The molecule has 29 N–H and O–H groups in total. The fourth-order valence-corrected chi connectivity index (χ4v) is 13.2. The number of nitrogens with two attached hydrogens (primary N) is 6. The molecule has 2 aliphatic rings. The van der Waals surface area contributed by atoms with Crippen LogP contribution in [0.15, 0.2) is 74.0 Å². The van der Waals surface area contributed by atoms with Crippen molar-refractivity contribution < 1.29 is 67.7 Å². The minimum absolute atomic E-state index is 0.00323. The van der Waals surface area contributed by atoms with Gasteiger partial charge in [0.2, 0.25) is 47.3 Å². The summed E-state index contributed by atoms with van der Waals surface area (Å²) in [5, 5.41) is 66.4. The number of unbranched alkanes of at least 4 members (excludes halogenated alkanes) is 2. The zero-order valence-corrected chi connectivity index (χ0v) is 63.2. The van der Waals surface area contributed by atoms with Crippen molar-refractivity contribution in [1.29, 1.82) is 10.8 Å². The molecular weight excluding hydrogens is 1470 g/mol. The number of carbonyl (C=O) groups excluding carboxylic acids is 12. The summed E-state index contributed by atoms with van der Waals surface area (Å²) >= 11 is 0. The lowest BCUT2D eigenvalue weighted by molar-refractivity contribution is -0.142.